The number of nitrogens with two attached hydrogens (primary N) is 2. The lowest BCUT2D eigenvalue weighted by molar-refractivity contribution is 0.0992. The van der Waals surface area contributed by atoms with Crippen molar-refractivity contribution in [3.8, 4) is 34.0 Å². The summed E-state index contributed by atoms with van der Waals surface area (Å²) in [4.78, 5) is 66.1. The second kappa shape index (κ2) is 24.3. The van der Waals surface area contributed by atoms with Crippen LogP contribution in [0.25, 0.3) is 22.5 Å². The predicted octanol–water partition coefficient (Wildman–Crippen LogP) is 7.29. The molecule has 0 bridgehead atoms. The van der Waals surface area contributed by atoms with Crippen molar-refractivity contribution in [3.05, 3.63) is 144 Å². The first kappa shape index (κ1) is 52.3. The van der Waals surface area contributed by atoms with Crippen LogP contribution in [0.2, 0.25) is 0 Å². The molecule has 0 unspecified atom stereocenters. The number of benzene rings is 4. The summed E-state index contributed by atoms with van der Waals surface area (Å²) in [6.45, 7) is 5.32. The standard InChI is InChI=1S/2C25H29N5O3.2ClH/c2*1-28(21-10-12-29(13-11-21)15-20-6-3-4-9-23(20)33-2)25(32)30-16-22(27-17-30)18-7-5-8-19(14-18)24(26)31;;/h2*3-9,14,16-17,21H,10-13,15H2,1-2H3,(H2,26,31);2*1H. The Labute approximate surface area is 409 Å². The second-order valence-corrected chi connectivity index (χ2v) is 16.6. The number of imidazole rings is 2. The molecule has 0 radical (unpaired) electrons. The van der Waals surface area contributed by atoms with Gasteiger partial charge in [-0.2, -0.15) is 0 Å². The number of amides is 4. The molecule has 6 aromatic rings. The van der Waals surface area contributed by atoms with Crippen LogP contribution in [-0.2, 0) is 13.1 Å². The number of aromatic nitrogens is 4. The maximum atomic E-state index is 13.1. The molecule has 2 aromatic heterocycles. The Morgan fingerprint density at radius 2 is 0.941 bits per heavy atom. The van der Waals surface area contributed by atoms with E-state index in [4.69, 9.17) is 20.9 Å². The molecule has 2 saturated heterocycles. The number of likely N-dealkylation sites (tertiary alicyclic amines) is 2. The van der Waals surface area contributed by atoms with E-state index in [1.54, 1.807) is 72.8 Å². The predicted molar refractivity (Wildman–Crippen MR) is 267 cm³/mol. The van der Waals surface area contributed by atoms with Gasteiger partial charge in [-0.15, -0.1) is 24.8 Å². The molecular formula is C50H60Cl2N10O6. The Morgan fingerprint density at radius 1 is 0.574 bits per heavy atom. The first-order valence-corrected chi connectivity index (χ1v) is 22.0. The van der Waals surface area contributed by atoms with Crippen molar-refractivity contribution in [1.82, 2.24) is 38.7 Å². The van der Waals surface area contributed by atoms with Gasteiger partial charge in [0.1, 0.15) is 24.2 Å². The number of piperidine rings is 2. The smallest absolute Gasteiger partial charge is 0.329 e. The maximum Gasteiger partial charge on any atom is 0.329 e. The molecule has 0 atom stereocenters. The highest BCUT2D eigenvalue weighted by Crippen LogP contribution is 2.26. The number of primary amides is 2. The van der Waals surface area contributed by atoms with Gasteiger partial charge in [-0.25, -0.2) is 19.6 Å². The number of nitrogens with zero attached hydrogens (tertiary/aromatic N) is 8. The van der Waals surface area contributed by atoms with Crippen LogP contribution in [0.4, 0.5) is 9.59 Å². The molecule has 0 spiro atoms. The number of hydrogen-bond acceptors (Lipinski definition) is 10. The number of carbonyl (C=O) groups excluding carboxylic acids is 4. The van der Waals surface area contributed by atoms with Gasteiger partial charge in [0, 0.05) is 111 Å². The SMILES string of the molecule is COc1ccccc1CN1CCC(N(C)C(=O)n2cnc(-c3cccc(C(N)=O)c3)c2)CC1.COc1ccccc1CN1CCC(N(C)C(=O)n2cnc(-c3cccc(C(N)=O)c3)c2)CC1.Cl.Cl. The first-order valence-electron chi connectivity index (χ1n) is 22.0. The molecule has 4 amide bonds. The Kier molecular flexibility index (Phi) is 18.7. The van der Waals surface area contributed by atoms with Crippen LogP contribution >= 0.6 is 24.8 Å². The molecule has 8 rings (SSSR count). The van der Waals surface area contributed by atoms with Gasteiger partial charge in [0.2, 0.25) is 11.8 Å². The van der Waals surface area contributed by atoms with Crippen LogP contribution < -0.4 is 20.9 Å². The normalized spacial score (nSPS) is 14.3. The number of para-hydroxylation sites is 2. The van der Waals surface area contributed by atoms with E-state index in [2.05, 4.69) is 31.9 Å². The summed E-state index contributed by atoms with van der Waals surface area (Å²) in [5, 5.41) is 0. The number of hydrogen-bond donors (Lipinski definition) is 2. The first-order chi connectivity index (χ1) is 31.9. The lowest BCUT2D eigenvalue weighted by Crippen LogP contribution is -2.46. The molecular weight excluding hydrogens is 908 g/mol. The minimum Gasteiger partial charge on any atom is -0.496 e. The van der Waals surface area contributed by atoms with E-state index in [1.165, 1.54) is 32.9 Å². The van der Waals surface area contributed by atoms with E-state index in [0.29, 0.717) is 22.5 Å². The van der Waals surface area contributed by atoms with Crippen molar-refractivity contribution >= 4 is 48.7 Å². The number of methoxy groups -OCH3 is 2. The fourth-order valence-corrected chi connectivity index (χ4v) is 8.57. The van der Waals surface area contributed by atoms with Gasteiger partial charge < -0.3 is 30.7 Å². The fourth-order valence-electron chi connectivity index (χ4n) is 8.57. The zero-order valence-electron chi connectivity index (χ0n) is 38.8. The fraction of sp³-hybridized carbons (Fsp3) is 0.320. The molecule has 4 heterocycles. The monoisotopic (exact) mass is 966 g/mol. The Bertz CT molecular complexity index is 2460. The van der Waals surface area contributed by atoms with Crippen LogP contribution in [-0.4, -0.2) is 129 Å². The van der Waals surface area contributed by atoms with E-state index in [1.807, 2.05) is 62.6 Å². The molecule has 2 aliphatic rings. The molecule has 0 saturated carbocycles. The maximum absolute atomic E-state index is 13.1. The third kappa shape index (κ3) is 12.8. The highest BCUT2D eigenvalue weighted by atomic mass is 35.5. The summed E-state index contributed by atoms with van der Waals surface area (Å²) in [6, 6.07) is 30.1. The van der Waals surface area contributed by atoms with Crippen molar-refractivity contribution in [1.29, 1.82) is 0 Å². The molecule has 4 N–H and O–H groups in total. The van der Waals surface area contributed by atoms with Crippen LogP contribution in [0.5, 0.6) is 11.5 Å². The summed E-state index contributed by atoms with van der Waals surface area (Å²) >= 11 is 0. The van der Waals surface area contributed by atoms with Crippen LogP contribution in [0, 0.1) is 0 Å². The third-order valence-electron chi connectivity index (χ3n) is 12.5. The molecule has 4 aromatic carbocycles. The number of rotatable bonds is 12. The second-order valence-electron chi connectivity index (χ2n) is 16.6. The molecule has 360 valence electrons. The van der Waals surface area contributed by atoms with Crippen molar-refractivity contribution in [2.24, 2.45) is 11.5 Å². The summed E-state index contributed by atoms with van der Waals surface area (Å²) in [6.07, 6.45) is 10.0. The topological polar surface area (TPSA) is 187 Å². The lowest BCUT2D eigenvalue weighted by Gasteiger charge is -2.36. The molecule has 2 aliphatic heterocycles. The Balaban J connectivity index is 0.000000247. The number of carbonyl (C=O) groups is 4. The van der Waals surface area contributed by atoms with Gasteiger partial charge in [-0.05, 0) is 62.1 Å². The largest absolute Gasteiger partial charge is 0.496 e. The van der Waals surface area contributed by atoms with Crippen LogP contribution in [0.3, 0.4) is 0 Å². The average Bonchev–Trinajstić information content (AvgIpc) is 4.06. The molecule has 18 heteroatoms. The zero-order valence-corrected chi connectivity index (χ0v) is 40.4. The van der Waals surface area contributed by atoms with Gasteiger partial charge in [0.25, 0.3) is 0 Å². The van der Waals surface area contributed by atoms with Gasteiger partial charge in [-0.1, -0.05) is 60.7 Å². The van der Waals surface area contributed by atoms with Gasteiger partial charge in [0.15, 0.2) is 0 Å². The van der Waals surface area contributed by atoms with E-state index >= 15 is 0 Å². The van der Waals surface area contributed by atoms with Crippen molar-refractivity contribution < 1.29 is 28.7 Å². The highest BCUT2D eigenvalue weighted by molar-refractivity contribution is 5.94. The molecule has 16 nitrogen and oxygen atoms in total. The van der Waals surface area contributed by atoms with Crippen molar-refractivity contribution in [3.63, 3.8) is 0 Å². The highest BCUT2D eigenvalue weighted by Gasteiger charge is 2.28. The van der Waals surface area contributed by atoms with Crippen LogP contribution in [0.15, 0.2) is 122 Å². The van der Waals surface area contributed by atoms with E-state index in [-0.39, 0.29) is 49.0 Å². The summed E-state index contributed by atoms with van der Waals surface area (Å²) in [5.74, 6) is 0.821. The average molecular weight is 968 g/mol. The molecule has 0 aliphatic carbocycles. The number of halogens is 2. The Hall–Kier alpha value is -6.72. The van der Waals surface area contributed by atoms with Gasteiger partial charge >= 0.3 is 12.1 Å². The minimum absolute atomic E-state index is 0. The van der Waals surface area contributed by atoms with Crippen LogP contribution in [0.1, 0.15) is 57.5 Å². The van der Waals surface area contributed by atoms with E-state index < -0.39 is 11.8 Å². The summed E-state index contributed by atoms with van der Waals surface area (Å²) < 4.78 is 13.9. The lowest BCUT2D eigenvalue weighted by atomic mass is 10.0. The zero-order chi connectivity index (χ0) is 46.7. The third-order valence-corrected chi connectivity index (χ3v) is 12.5. The minimum atomic E-state index is -0.496. The van der Waals surface area contributed by atoms with E-state index in [9.17, 15) is 19.2 Å². The quantitative estimate of drug-likeness (QED) is 0.126. The van der Waals surface area contributed by atoms with Crippen molar-refractivity contribution in [2.45, 2.75) is 50.9 Å². The van der Waals surface area contributed by atoms with Gasteiger partial charge in [0.05, 0.1) is 25.6 Å². The van der Waals surface area contributed by atoms with E-state index in [0.717, 1.165) is 87.6 Å². The molecule has 2 fully saturated rings. The summed E-state index contributed by atoms with van der Waals surface area (Å²) in [7, 11) is 7.08. The van der Waals surface area contributed by atoms with Crippen molar-refractivity contribution in [2.75, 3.05) is 54.5 Å². The molecule has 68 heavy (non-hydrogen) atoms. The van der Waals surface area contributed by atoms with Gasteiger partial charge in [-0.3, -0.25) is 28.5 Å². The summed E-state index contributed by atoms with van der Waals surface area (Å²) in [5.41, 5.74) is 16.6. The number of ether oxygens (including phenoxy) is 2. The Morgan fingerprint density at radius 3 is 1.29 bits per heavy atom.